The van der Waals surface area contributed by atoms with Crippen molar-refractivity contribution >= 4 is 34.7 Å². The first-order valence-electron chi connectivity index (χ1n) is 11.6. The number of benzene rings is 2. The molecule has 6 nitrogen and oxygen atoms in total. The molecule has 0 amide bonds. The van der Waals surface area contributed by atoms with Crippen LogP contribution in [0, 0.1) is 0 Å². The molecule has 2 aromatic heterocycles. The molecule has 2 aromatic carbocycles. The average Bonchev–Trinajstić information content (AvgIpc) is 3.41. The smallest absolute Gasteiger partial charge is 0.136 e. The summed E-state index contributed by atoms with van der Waals surface area (Å²) >= 11 is 1.65. The Kier molecular flexibility index (Phi) is 5.79. The summed E-state index contributed by atoms with van der Waals surface area (Å²) in [4.78, 5) is 16.8. The third kappa shape index (κ3) is 4.32. The monoisotopic (exact) mass is 467 g/mol. The van der Waals surface area contributed by atoms with Gasteiger partial charge in [-0.05, 0) is 35.9 Å². The second kappa shape index (κ2) is 9.37. The summed E-state index contributed by atoms with van der Waals surface area (Å²) in [5, 5.41) is 6.65. The fourth-order valence-electron chi connectivity index (χ4n) is 4.35. The highest BCUT2D eigenvalue weighted by Crippen LogP contribution is 2.33. The summed E-state index contributed by atoms with van der Waals surface area (Å²) in [6, 6.07) is 21.0. The Morgan fingerprint density at radius 2 is 1.74 bits per heavy atom. The van der Waals surface area contributed by atoms with Gasteiger partial charge in [-0.15, -0.1) is 11.3 Å². The highest BCUT2D eigenvalue weighted by Gasteiger charge is 2.18. The molecule has 4 aromatic rings. The number of anilines is 3. The number of nitrogens with zero attached hydrogens (tertiary/aromatic N) is 4. The maximum atomic E-state index is 5.47. The zero-order valence-electron chi connectivity index (χ0n) is 18.8. The van der Waals surface area contributed by atoms with Gasteiger partial charge in [0, 0.05) is 53.6 Å². The summed E-state index contributed by atoms with van der Waals surface area (Å²) in [6.45, 7) is 4.07. The maximum absolute atomic E-state index is 5.47. The van der Waals surface area contributed by atoms with E-state index in [0.29, 0.717) is 6.54 Å². The van der Waals surface area contributed by atoms with Gasteiger partial charge in [-0.2, -0.15) is 0 Å². The molecule has 0 bridgehead atoms. The number of thiazole rings is 1. The summed E-state index contributed by atoms with van der Waals surface area (Å²) in [7, 11) is 0. The van der Waals surface area contributed by atoms with Crippen molar-refractivity contribution in [2.75, 3.05) is 36.5 Å². The second-order valence-corrected chi connectivity index (χ2v) is 9.25. The van der Waals surface area contributed by atoms with E-state index in [1.54, 1.807) is 11.3 Å². The summed E-state index contributed by atoms with van der Waals surface area (Å²) in [6.07, 6.45) is 2.80. The number of aromatic nitrogens is 2. The van der Waals surface area contributed by atoms with Gasteiger partial charge in [-0.3, -0.25) is 4.99 Å². The van der Waals surface area contributed by atoms with Gasteiger partial charge < -0.3 is 15.0 Å². The van der Waals surface area contributed by atoms with Crippen LogP contribution in [0.15, 0.2) is 71.0 Å². The fourth-order valence-corrected chi connectivity index (χ4v) is 5.17. The first-order chi connectivity index (χ1) is 16.8. The Morgan fingerprint density at radius 3 is 2.56 bits per heavy atom. The third-order valence-corrected chi connectivity index (χ3v) is 7.09. The van der Waals surface area contributed by atoms with E-state index >= 15 is 0 Å². The van der Waals surface area contributed by atoms with Gasteiger partial charge in [-0.1, -0.05) is 30.3 Å². The van der Waals surface area contributed by atoms with Gasteiger partial charge in [0.05, 0.1) is 25.5 Å². The lowest BCUT2D eigenvalue weighted by Gasteiger charge is -2.29. The minimum Gasteiger partial charge on any atom is -0.378 e. The van der Waals surface area contributed by atoms with Crippen molar-refractivity contribution in [2.24, 2.45) is 4.99 Å². The van der Waals surface area contributed by atoms with Crippen molar-refractivity contribution in [1.82, 2.24) is 9.97 Å². The molecule has 7 heteroatoms. The molecule has 0 unspecified atom stereocenters. The van der Waals surface area contributed by atoms with Crippen molar-refractivity contribution in [3.8, 4) is 22.0 Å². The number of ether oxygens (including phenoxy) is 1. The van der Waals surface area contributed by atoms with Crippen LogP contribution < -0.4 is 10.2 Å². The molecule has 1 N–H and O–H groups in total. The minimum absolute atomic E-state index is 0.642. The molecule has 34 heavy (non-hydrogen) atoms. The Morgan fingerprint density at radius 1 is 0.912 bits per heavy atom. The average molecular weight is 468 g/mol. The third-order valence-electron chi connectivity index (χ3n) is 6.20. The van der Waals surface area contributed by atoms with Gasteiger partial charge in [0.25, 0.3) is 0 Å². The molecule has 1 saturated heterocycles. The first kappa shape index (κ1) is 21.0. The highest BCUT2D eigenvalue weighted by molar-refractivity contribution is 7.13. The molecule has 0 saturated carbocycles. The van der Waals surface area contributed by atoms with Gasteiger partial charge in [0.1, 0.15) is 16.5 Å². The number of morpholine rings is 1. The Hall–Kier alpha value is -3.55. The van der Waals surface area contributed by atoms with Gasteiger partial charge in [-0.25, -0.2) is 9.97 Å². The van der Waals surface area contributed by atoms with E-state index in [4.69, 9.17) is 14.7 Å². The zero-order chi connectivity index (χ0) is 22.7. The van der Waals surface area contributed by atoms with E-state index in [0.717, 1.165) is 71.8 Å². The highest BCUT2D eigenvalue weighted by atomic mass is 32.1. The van der Waals surface area contributed by atoms with E-state index in [1.807, 2.05) is 24.4 Å². The molecule has 0 spiro atoms. The van der Waals surface area contributed by atoms with Gasteiger partial charge in [0.15, 0.2) is 0 Å². The molecule has 1 fully saturated rings. The predicted octanol–water partition coefficient (Wildman–Crippen LogP) is 5.58. The van der Waals surface area contributed by atoms with E-state index in [1.165, 1.54) is 11.3 Å². The molecule has 0 radical (unpaired) electrons. The van der Waals surface area contributed by atoms with Crippen molar-refractivity contribution in [3.63, 3.8) is 0 Å². The fraction of sp³-hybridized carbons (Fsp3) is 0.222. The molecule has 6 rings (SSSR count). The SMILES string of the molecule is C1=NCc2c(cc(-c3csc(-c4ccccc4)n3)nc2Nc2ccc(N3CCOCC3)cc2)C1. The number of rotatable bonds is 5. The Bertz CT molecular complexity index is 1310. The van der Waals surface area contributed by atoms with Crippen LogP contribution in [0.3, 0.4) is 0 Å². The Balaban J connectivity index is 1.30. The summed E-state index contributed by atoms with van der Waals surface area (Å²) < 4.78 is 5.47. The van der Waals surface area contributed by atoms with Crippen LogP contribution in [-0.4, -0.2) is 42.5 Å². The van der Waals surface area contributed by atoms with Crippen LogP contribution in [0.1, 0.15) is 11.1 Å². The van der Waals surface area contributed by atoms with Crippen molar-refractivity contribution in [3.05, 3.63) is 77.2 Å². The number of aliphatic imine (C=N–C) groups is 1. The lowest BCUT2D eigenvalue weighted by Crippen LogP contribution is -2.36. The lowest BCUT2D eigenvalue weighted by atomic mass is 10.0. The van der Waals surface area contributed by atoms with Crippen LogP contribution in [0.25, 0.3) is 22.0 Å². The quantitative estimate of drug-likeness (QED) is 0.415. The van der Waals surface area contributed by atoms with Gasteiger partial charge >= 0.3 is 0 Å². The molecule has 2 aliphatic rings. The molecular formula is C27H25N5OS. The lowest BCUT2D eigenvalue weighted by molar-refractivity contribution is 0.122. The van der Waals surface area contributed by atoms with Crippen molar-refractivity contribution < 1.29 is 4.74 Å². The second-order valence-electron chi connectivity index (χ2n) is 8.40. The standard InChI is InChI=1S/C27H25N5OS/c1-2-4-19(5-3-1)27-31-25(18-34-27)24-16-20-10-11-28-17-23(20)26(30-24)29-21-6-8-22(9-7-21)32-12-14-33-15-13-32/h1-9,11,16,18H,10,12-15,17H2,(H,29,30). The normalized spacial score (nSPS) is 15.2. The molecule has 2 aliphatic heterocycles. The largest absolute Gasteiger partial charge is 0.378 e. The van der Waals surface area contributed by atoms with Crippen LogP contribution in [0.5, 0.6) is 0 Å². The van der Waals surface area contributed by atoms with Gasteiger partial charge in [0.2, 0.25) is 0 Å². The number of nitrogens with one attached hydrogen (secondary N) is 1. The molecular weight excluding hydrogens is 442 g/mol. The van der Waals surface area contributed by atoms with Crippen LogP contribution in [0.4, 0.5) is 17.2 Å². The van der Waals surface area contributed by atoms with Crippen molar-refractivity contribution in [2.45, 2.75) is 13.0 Å². The summed E-state index contributed by atoms with van der Waals surface area (Å²) in [5.74, 6) is 0.859. The number of fused-ring (bicyclic) bond motifs is 1. The van der Waals surface area contributed by atoms with E-state index in [2.05, 4.69) is 63.1 Å². The van der Waals surface area contributed by atoms with Crippen molar-refractivity contribution in [1.29, 1.82) is 0 Å². The van der Waals surface area contributed by atoms with Crippen LogP contribution in [0.2, 0.25) is 0 Å². The Labute approximate surface area is 203 Å². The number of hydrogen-bond donors (Lipinski definition) is 1. The van der Waals surface area contributed by atoms with Crippen LogP contribution in [-0.2, 0) is 17.7 Å². The molecule has 0 aliphatic carbocycles. The predicted molar refractivity (Wildman–Crippen MR) is 139 cm³/mol. The van der Waals surface area contributed by atoms with E-state index in [-0.39, 0.29) is 0 Å². The molecule has 0 atom stereocenters. The molecule has 4 heterocycles. The topological polar surface area (TPSA) is 62.6 Å². The van der Waals surface area contributed by atoms with Crippen LogP contribution >= 0.6 is 11.3 Å². The summed E-state index contributed by atoms with van der Waals surface area (Å²) in [5.41, 5.74) is 7.56. The first-order valence-corrected chi connectivity index (χ1v) is 12.4. The number of hydrogen-bond acceptors (Lipinski definition) is 7. The minimum atomic E-state index is 0.642. The molecule has 170 valence electrons. The number of pyridine rings is 1. The zero-order valence-corrected chi connectivity index (χ0v) is 19.6. The maximum Gasteiger partial charge on any atom is 0.136 e. The van der Waals surface area contributed by atoms with E-state index in [9.17, 15) is 0 Å². The van der Waals surface area contributed by atoms with E-state index < -0.39 is 0 Å².